The molecule has 0 spiro atoms. The Morgan fingerprint density at radius 2 is 1.79 bits per heavy atom. The molecule has 1 fully saturated rings. The molecule has 1 amide bonds. The summed E-state index contributed by atoms with van der Waals surface area (Å²) in [5, 5.41) is 3.41. The van der Waals surface area contributed by atoms with Gasteiger partial charge < -0.3 is 14.8 Å². The number of carbonyl (C=O) groups is 1. The monoisotopic (exact) mass is 371 g/mol. The zero-order valence-electron chi connectivity index (χ0n) is 15.5. The zero-order chi connectivity index (χ0) is 18.9. The van der Waals surface area contributed by atoms with Crippen LogP contribution < -0.4 is 4.90 Å². The topological polar surface area (TPSA) is 65.1 Å². The number of amides is 1. The molecule has 1 aliphatic rings. The summed E-state index contributed by atoms with van der Waals surface area (Å²) in [7, 11) is 0. The summed E-state index contributed by atoms with van der Waals surface area (Å²) < 4.78 is 0. The van der Waals surface area contributed by atoms with Gasteiger partial charge in [0.05, 0.1) is 11.8 Å². The van der Waals surface area contributed by atoms with E-state index in [2.05, 4.69) is 50.2 Å². The van der Waals surface area contributed by atoms with Crippen molar-refractivity contribution in [1.82, 2.24) is 19.9 Å². The lowest BCUT2D eigenvalue weighted by molar-refractivity contribution is -0.130. The van der Waals surface area contributed by atoms with Crippen molar-refractivity contribution in [2.75, 3.05) is 31.1 Å². The first-order valence-corrected chi connectivity index (χ1v) is 9.56. The average molecular weight is 371 g/mol. The van der Waals surface area contributed by atoms with Crippen LogP contribution in [0.4, 0.5) is 5.82 Å². The molecule has 0 unspecified atom stereocenters. The van der Waals surface area contributed by atoms with Crippen molar-refractivity contribution < 1.29 is 4.79 Å². The van der Waals surface area contributed by atoms with Crippen molar-refractivity contribution in [2.24, 2.45) is 0 Å². The van der Waals surface area contributed by atoms with E-state index in [1.807, 2.05) is 29.3 Å². The molecule has 0 bridgehead atoms. The van der Waals surface area contributed by atoms with E-state index in [0.29, 0.717) is 19.5 Å². The van der Waals surface area contributed by atoms with Gasteiger partial charge in [-0.25, -0.2) is 9.97 Å². The van der Waals surface area contributed by atoms with Crippen LogP contribution in [0.3, 0.4) is 0 Å². The SMILES string of the molecule is O=C(Cc1ccc2ccccc2c1)N1CCN(c2ncnc3[nH]ccc23)CC1. The van der Waals surface area contributed by atoms with Gasteiger partial charge in [0.15, 0.2) is 0 Å². The maximum atomic E-state index is 12.8. The smallest absolute Gasteiger partial charge is 0.227 e. The summed E-state index contributed by atoms with van der Waals surface area (Å²) in [4.78, 5) is 28.8. The van der Waals surface area contributed by atoms with Gasteiger partial charge in [-0.2, -0.15) is 0 Å². The standard InChI is InChI=1S/C22H21N5O/c28-20(14-16-5-6-17-3-1-2-4-18(17)13-16)26-9-11-27(12-10-26)22-19-7-8-23-21(19)24-15-25-22/h1-8,13,15H,9-12,14H2,(H,23,24,25). The number of benzene rings is 2. The molecule has 28 heavy (non-hydrogen) atoms. The van der Waals surface area contributed by atoms with Gasteiger partial charge in [0.25, 0.3) is 0 Å². The van der Waals surface area contributed by atoms with Crippen molar-refractivity contribution in [1.29, 1.82) is 0 Å². The van der Waals surface area contributed by atoms with Crippen molar-refractivity contribution in [3.63, 3.8) is 0 Å². The number of anilines is 1. The van der Waals surface area contributed by atoms with Gasteiger partial charge >= 0.3 is 0 Å². The van der Waals surface area contributed by atoms with Crippen LogP contribution in [0.5, 0.6) is 0 Å². The number of rotatable bonds is 3. The summed E-state index contributed by atoms with van der Waals surface area (Å²) in [6.45, 7) is 2.98. The highest BCUT2D eigenvalue weighted by Gasteiger charge is 2.23. The number of hydrogen-bond acceptors (Lipinski definition) is 4. The number of piperazine rings is 1. The molecule has 140 valence electrons. The highest BCUT2D eigenvalue weighted by molar-refractivity contribution is 5.88. The highest BCUT2D eigenvalue weighted by Crippen LogP contribution is 2.23. The van der Waals surface area contributed by atoms with Gasteiger partial charge in [0.2, 0.25) is 5.91 Å². The number of fused-ring (bicyclic) bond motifs is 2. The third-order valence-electron chi connectivity index (χ3n) is 5.43. The number of carbonyl (C=O) groups excluding carboxylic acids is 1. The molecule has 1 aliphatic heterocycles. The van der Waals surface area contributed by atoms with E-state index < -0.39 is 0 Å². The largest absolute Gasteiger partial charge is 0.352 e. The van der Waals surface area contributed by atoms with Gasteiger partial charge in [0.1, 0.15) is 17.8 Å². The first kappa shape index (κ1) is 16.7. The minimum absolute atomic E-state index is 0.185. The van der Waals surface area contributed by atoms with E-state index >= 15 is 0 Å². The fourth-order valence-electron chi connectivity index (χ4n) is 3.91. The quantitative estimate of drug-likeness (QED) is 0.601. The van der Waals surface area contributed by atoms with Crippen LogP contribution in [0, 0.1) is 0 Å². The molecule has 3 heterocycles. The van der Waals surface area contributed by atoms with E-state index in [-0.39, 0.29) is 5.91 Å². The van der Waals surface area contributed by atoms with Crippen molar-refractivity contribution in [3.8, 4) is 0 Å². The minimum atomic E-state index is 0.185. The molecule has 5 rings (SSSR count). The van der Waals surface area contributed by atoms with Crippen LogP contribution in [0.2, 0.25) is 0 Å². The lowest BCUT2D eigenvalue weighted by Crippen LogP contribution is -2.49. The Morgan fingerprint density at radius 3 is 2.64 bits per heavy atom. The molecule has 0 saturated carbocycles. The normalized spacial score (nSPS) is 14.7. The van der Waals surface area contributed by atoms with Gasteiger partial charge in [0, 0.05) is 32.4 Å². The number of hydrogen-bond donors (Lipinski definition) is 1. The molecule has 6 nitrogen and oxygen atoms in total. The summed E-state index contributed by atoms with van der Waals surface area (Å²) in [5.74, 6) is 1.12. The van der Waals surface area contributed by atoms with Gasteiger partial charge in [-0.1, -0.05) is 42.5 Å². The summed E-state index contributed by atoms with van der Waals surface area (Å²) in [5.41, 5.74) is 1.91. The van der Waals surface area contributed by atoms with E-state index in [1.165, 1.54) is 10.8 Å². The predicted molar refractivity (Wildman–Crippen MR) is 110 cm³/mol. The summed E-state index contributed by atoms with van der Waals surface area (Å²) in [6.07, 6.45) is 3.91. The molecule has 2 aromatic carbocycles. The number of H-pyrrole nitrogens is 1. The zero-order valence-corrected chi connectivity index (χ0v) is 15.5. The second kappa shape index (κ2) is 6.96. The van der Waals surface area contributed by atoms with Crippen molar-refractivity contribution >= 4 is 33.5 Å². The van der Waals surface area contributed by atoms with E-state index in [1.54, 1.807) is 6.33 Å². The minimum Gasteiger partial charge on any atom is -0.352 e. The second-order valence-corrected chi connectivity index (χ2v) is 7.16. The first-order valence-electron chi connectivity index (χ1n) is 9.56. The molecule has 1 saturated heterocycles. The average Bonchev–Trinajstić information content (AvgIpc) is 3.23. The maximum absolute atomic E-state index is 12.8. The molecule has 0 atom stereocenters. The van der Waals surface area contributed by atoms with Gasteiger partial charge in [-0.15, -0.1) is 0 Å². The Kier molecular flexibility index (Phi) is 4.16. The van der Waals surface area contributed by atoms with E-state index in [4.69, 9.17) is 0 Å². The third kappa shape index (κ3) is 3.07. The number of nitrogens with zero attached hydrogens (tertiary/aromatic N) is 4. The first-order chi connectivity index (χ1) is 13.8. The Hall–Kier alpha value is -3.41. The van der Waals surface area contributed by atoms with E-state index in [0.717, 1.165) is 35.5 Å². The fraction of sp³-hybridized carbons (Fsp3) is 0.227. The molecule has 0 radical (unpaired) electrons. The molecule has 4 aromatic rings. The van der Waals surface area contributed by atoms with Crippen LogP contribution >= 0.6 is 0 Å². The maximum Gasteiger partial charge on any atom is 0.227 e. The molecule has 2 aromatic heterocycles. The predicted octanol–water partition coefficient (Wildman–Crippen LogP) is 3.00. The summed E-state index contributed by atoms with van der Waals surface area (Å²) >= 11 is 0. The molecular formula is C22H21N5O. The molecular weight excluding hydrogens is 350 g/mol. The summed E-state index contributed by atoms with van der Waals surface area (Å²) in [6, 6.07) is 16.5. The number of nitrogens with one attached hydrogen (secondary N) is 1. The number of aromatic nitrogens is 3. The highest BCUT2D eigenvalue weighted by atomic mass is 16.2. The Morgan fingerprint density at radius 1 is 0.964 bits per heavy atom. The Balaban J connectivity index is 1.26. The van der Waals surface area contributed by atoms with Gasteiger partial charge in [-0.3, -0.25) is 4.79 Å². The second-order valence-electron chi connectivity index (χ2n) is 7.16. The van der Waals surface area contributed by atoms with Crippen LogP contribution in [-0.2, 0) is 11.2 Å². The molecule has 1 N–H and O–H groups in total. The number of aromatic amines is 1. The van der Waals surface area contributed by atoms with Crippen LogP contribution in [-0.4, -0.2) is 51.9 Å². The van der Waals surface area contributed by atoms with Crippen molar-refractivity contribution in [3.05, 3.63) is 66.6 Å². The molecule has 0 aliphatic carbocycles. The van der Waals surface area contributed by atoms with Crippen LogP contribution in [0.25, 0.3) is 21.8 Å². The van der Waals surface area contributed by atoms with Crippen molar-refractivity contribution in [2.45, 2.75) is 6.42 Å². The lowest BCUT2D eigenvalue weighted by Gasteiger charge is -2.35. The lowest BCUT2D eigenvalue weighted by atomic mass is 10.0. The van der Waals surface area contributed by atoms with Crippen LogP contribution in [0.15, 0.2) is 61.1 Å². The van der Waals surface area contributed by atoms with Crippen LogP contribution in [0.1, 0.15) is 5.56 Å². The van der Waals surface area contributed by atoms with E-state index in [9.17, 15) is 4.79 Å². The molecule has 6 heteroatoms. The Labute approximate surface area is 162 Å². The third-order valence-corrected chi connectivity index (χ3v) is 5.43. The fourth-order valence-corrected chi connectivity index (χ4v) is 3.91. The Bertz CT molecular complexity index is 1140. The van der Waals surface area contributed by atoms with Gasteiger partial charge in [-0.05, 0) is 22.4 Å².